The van der Waals surface area contributed by atoms with Crippen LogP contribution in [0.2, 0.25) is 0 Å². The van der Waals surface area contributed by atoms with Crippen LogP contribution in [0, 0.1) is 10.5 Å². The zero-order valence-electron chi connectivity index (χ0n) is 8.17. The number of halogens is 1. The topological polar surface area (TPSA) is 29.1 Å². The van der Waals surface area contributed by atoms with E-state index in [-0.39, 0.29) is 5.91 Å². The molecule has 3 heteroatoms. The maximum Gasteiger partial charge on any atom is 0.248 e. The van der Waals surface area contributed by atoms with Gasteiger partial charge >= 0.3 is 0 Å². The third-order valence-electron chi connectivity index (χ3n) is 1.84. The van der Waals surface area contributed by atoms with E-state index in [1.165, 1.54) is 6.08 Å². The quantitative estimate of drug-likeness (QED) is 0.660. The van der Waals surface area contributed by atoms with Gasteiger partial charge in [-0.05, 0) is 60.2 Å². The van der Waals surface area contributed by atoms with Gasteiger partial charge < -0.3 is 5.32 Å². The largest absolute Gasteiger partial charge is 0.322 e. The van der Waals surface area contributed by atoms with E-state index in [0.29, 0.717) is 0 Å². The summed E-state index contributed by atoms with van der Waals surface area (Å²) >= 11 is 2.25. The molecule has 74 valence electrons. The molecule has 1 aromatic rings. The normalized spacial score (nSPS) is 10.5. The van der Waals surface area contributed by atoms with Gasteiger partial charge in [0.2, 0.25) is 5.91 Å². The Hall–Kier alpha value is -0.840. The summed E-state index contributed by atoms with van der Waals surface area (Å²) in [4.78, 5) is 11.3. The van der Waals surface area contributed by atoms with Crippen molar-refractivity contribution in [3.05, 3.63) is 39.5 Å². The molecule has 0 spiro atoms. The minimum absolute atomic E-state index is 0.0856. The van der Waals surface area contributed by atoms with Gasteiger partial charge in [-0.1, -0.05) is 12.1 Å². The molecule has 0 unspecified atom stereocenters. The molecular weight excluding hydrogens is 289 g/mol. The Labute approximate surface area is 97.5 Å². The average Bonchev–Trinajstić information content (AvgIpc) is 2.13. The zero-order chi connectivity index (χ0) is 10.6. The molecule has 1 N–H and O–H groups in total. The number of hydrogen-bond acceptors (Lipinski definition) is 1. The van der Waals surface area contributed by atoms with Gasteiger partial charge in [0.25, 0.3) is 0 Å². The van der Waals surface area contributed by atoms with Gasteiger partial charge in [0, 0.05) is 9.26 Å². The number of carbonyl (C=O) groups excluding carboxylic acids is 1. The summed E-state index contributed by atoms with van der Waals surface area (Å²) in [6.07, 6.45) is 3.23. The Morgan fingerprint density at radius 1 is 1.50 bits per heavy atom. The average molecular weight is 301 g/mol. The predicted octanol–water partition coefficient (Wildman–Crippen LogP) is 3.11. The standard InChI is InChI=1S/C11H12INO/c1-3-5-11(14)13-10-7-4-6-9(12)8(10)2/h3-7H,1-2H3,(H,13,14)/b5-3+. The zero-order valence-corrected chi connectivity index (χ0v) is 10.3. The molecule has 0 bridgehead atoms. The lowest BCUT2D eigenvalue weighted by molar-refractivity contribution is -0.111. The highest BCUT2D eigenvalue weighted by Crippen LogP contribution is 2.20. The van der Waals surface area contributed by atoms with Crippen LogP contribution in [0.25, 0.3) is 0 Å². The molecule has 0 atom stereocenters. The third kappa shape index (κ3) is 2.83. The van der Waals surface area contributed by atoms with E-state index < -0.39 is 0 Å². The highest BCUT2D eigenvalue weighted by molar-refractivity contribution is 14.1. The first-order chi connectivity index (χ1) is 6.65. The van der Waals surface area contributed by atoms with Crippen molar-refractivity contribution in [2.24, 2.45) is 0 Å². The number of amides is 1. The van der Waals surface area contributed by atoms with Crippen LogP contribution < -0.4 is 5.32 Å². The maximum atomic E-state index is 11.3. The summed E-state index contributed by atoms with van der Waals surface area (Å²) in [6.45, 7) is 3.81. The first-order valence-corrected chi connectivity index (χ1v) is 5.42. The van der Waals surface area contributed by atoms with E-state index in [2.05, 4.69) is 27.9 Å². The molecule has 0 aliphatic rings. The molecule has 0 heterocycles. The summed E-state index contributed by atoms with van der Waals surface area (Å²) in [5, 5.41) is 2.82. The second-order valence-corrected chi connectivity index (χ2v) is 4.06. The number of nitrogens with one attached hydrogen (secondary N) is 1. The Morgan fingerprint density at radius 3 is 2.86 bits per heavy atom. The Bertz CT molecular complexity index is 372. The van der Waals surface area contributed by atoms with Crippen LogP contribution in [-0.2, 0) is 4.79 Å². The second-order valence-electron chi connectivity index (χ2n) is 2.90. The fourth-order valence-electron chi connectivity index (χ4n) is 1.07. The number of benzene rings is 1. The van der Waals surface area contributed by atoms with Crippen molar-refractivity contribution < 1.29 is 4.79 Å². The van der Waals surface area contributed by atoms with Crippen LogP contribution in [0.4, 0.5) is 5.69 Å². The number of carbonyl (C=O) groups is 1. The molecule has 0 saturated heterocycles. The molecule has 0 aromatic heterocycles. The van der Waals surface area contributed by atoms with E-state index in [4.69, 9.17) is 0 Å². The van der Waals surface area contributed by atoms with Crippen LogP contribution in [-0.4, -0.2) is 5.91 Å². The van der Waals surface area contributed by atoms with Crippen molar-refractivity contribution >= 4 is 34.2 Å². The van der Waals surface area contributed by atoms with E-state index in [9.17, 15) is 4.79 Å². The lowest BCUT2D eigenvalue weighted by atomic mass is 10.2. The smallest absolute Gasteiger partial charge is 0.248 e. The number of hydrogen-bond donors (Lipinski definition) is 1. The summed E-state index contributed by atoms with van der Waals surface area (Å²) in [6, 6.07) is 5.85. The first kappa shape index (κ1) is 11.2. The number of anilines is 1. The summed E-state index contributed by atoms with van der Waals surface area (Å²) < 4.78 is 1.15. The molecule has 0 radical (unpaired) electrons. The second kappa shape index (κ2) is 5.14. The van der Waals surface area contributed by atoms with Gasteiger partial charge in [-0.3, -0.25) is 4.79 Å². The van der Waals surface area contributed by atoms with Crippen molar-refractivity contribution in [3.8, 4) is 0 Å². The predicted molar refractivity (Wildman–Crippen MR) is 67.3 cm³/mol. The fourth-order valence-corrected chi connectivity index (χ4v) is 1.57. The molecule has 0 fully saturated rings. The molecule has 1 aromatic carbocycles. The minimum Gasteiger partial charge on any atom is -0.322 e. The van der Waals surface area contributed by atoms with Crippen LogP contribution in [0.5, 0.6) is 0 Å². The van der Waals surface area contributed by atoms with Crippen molar-refractivity contribution in [1.29, 1.82) is 0 Å². The van der Waals surface area contributed by atoms with Crippen LogP contribution >= 0.6 is 22.6 Å². The summed E-state index contributed by atoms with van der Waals surface area (Å²) in [5.41, 5.74) is 1.98. The molecule has 14 heavy (non-hydrogen) atoms. The first-order valence-electron chi connectivity index (χ1n) is 4.34. The highest BCUT2D eigenvalue weighted by atomic mass is 127. The number of allylic oxidation sites excluding steroid dienone is 1. The lowest BCUT2D eigenvalue weighted by Gasteiger charge is -2.07. The monoisotopic (exact) mass is 301 g/mol. The van der Waals surface area contributed by atoms with Crippen molar-refractivity contribution in [2.45, 2.75) is 13.8 Å². The molecule has 1 rings (SSSR count). The fraction of sp³-hybridized carbons (Fsp3) is 0.182. The van der Waals surface area contributed by atoms with Crippen LogP contribution in [0.1, 0.15) is 12.5 Å². The van der Waals surface area contributed by atoms with E-state index in [1.807, 2.05) is 32.0 Å². The Balaban J connectivity index is 2.87. The van der Waals surface area contributed by atoms with Gasteiger partial charge in [-0.15, -0.1) is 0 Å². The van der Waals surface area contributed by atoms with Crippen molar-refractivity contribution in [2.75, 3.05) is 5.32 Å². The molecule has 0 aliphatic carbocycles. The molecule has 1 amide bonds. The third-order valence-corrected chi connectivity index (χ3v) is 3.01. The highest BCUT2D eigenvalue weighted by Gasteiger charge is 2.02. The van der Waals surface area contributed by atoms with Gasteiger partial charge in [0.05, 0.1) is 0 Å². The minimum atomic E-state index is -0.0856. The molecular formula is C11H12INO. The van der Waals surface area contributed by atoms with E-state index in [1.54, 1.807) is 6.08 Å². The summed E-state index contributed by atoms with van der Waals surface area (Å²) in [5.74, 6) is -0.0856. The van der Waals surface area contributed by atoms with Gasteiger partial charge in [-0.25, -0.2) is 0 Å². The van der Waals surface area contributed by atoms with Crippen molar-refractivity contribution in [3.63, 3.8) is 0 Å². The van der Waals surface area contributed by atoms with Crippen LogP contribution in [0.15, 0.2) is 30.4 Å². The van der Waals surface area contributed by atoms with Crippen LogP contribution in [0.3, 0.4) is 0 Å². The lowest BCUT2D eigenvalue weighted by Crippen LogP contribution is -2.09. The van der Waals surface area contributed by atoms with Crippen molar-refractivity contribution in [1.82, 2.24) is 0 Å². The molecule has 2 nitrogen and oxygen atoms in total. The maximum absolute atomic E-state index is 11.3. The van der Waals surface area contributed by atoms with Gasteiger partial charge in [0.15, 0.2) is 0 Å². The Kier molecular flexibility index (Phi) is 4.13. The van der Waals surface area contributed by atoms with E-state index in [0.717, 1.165) is 14.8 Å². The van der Waals surface area contributed by atoms with Gasteiger partial charge in [-0.2, -0.15) is 0 Å². The summed E-state index contributed by atoms with van der Waals surface area (Å²) in [7, 11) is 0. The Morgan fingerprint density at radius 2 is 2.21 bits per heavy atom. The van der Waals surface area contributed by atoms with E-state index >= 15 is 0 Å². The SMILES string of the molecule is C/C=C/C(=O)Nc1cccc(I)c1C. The number of rotatable bonds is 2. The van der Waals surface area contributed by atoms with Gasteiger partial charge in [0.1, 0.15) is 0 Å². The molecule has 0 aliphatic heterocycles. The molecule has 0 saturated carbocycles.